The fourth-order valence-corrected chi connectivity index (χ4v) is 6.27. The number of nitrogens with zero attached hydrogens (tertiary/aromatic N) is 2. The minimum atomic E-state index is -3.64. The molecule has 190 valence electrons. The van der Waals surface area contributed by atoms with Gasteiger partial charge in [-0.25, -0.2) is 13.2 Å². The summed E-state index contributed by atoms with van der Waals surface area (Å²) in [7, 11) is -3.64. The number of aromatic nitrogens is 1. The molecule has 0 aliphatic carbocycles. The first-order chi connectivity index (χ1) is 17.8. The Kier molecular flexibility index (Phi) is 6.87. The zero-order valence-electron chi connectivity index (χ0n) is 19.7. The first-order valence-corrected chi connectivity index (χ1v) is 13.5. The summed E-state index contributed by atoms with van der Waals surface area (Å²) in [5.41, 5.74) is 1.11. The summed E-state index contributed by atoms with van der Waals surface area (Å²) in [6.07, 6.45) is 0.0137. The van der Waals surface area contributed by atoms with E-state index in [2.05, 4.69) is 5.32 Å². The molecule has 8 nitrogen and oxygen atoms in total. The number of carboxylic acids is 1. The molecule has 0 atom stereocenters. The quantitative estimate of drug-likeness (QED) is 0.389. The average molecular weight is 538 g/mol. The Morgan fingerprint density at radius 1 is 0.973 bits per heavy atom. The highest BCUT2D eigenvalue weighted by atomic mass is 35.5. The van der Waals surface area contributed by atoms with Crippen LogP contribution in [0, 0.1) is 0 Å². The van der Waals surface area contributed by atoms with E-state index < -0.39 is 21.4 Å². The number of halogens is 1. The molecule has 3 aromatic carbocycles. The number of nitrogens with one attached hydrogen (secondary N) is 1. The van der Waals surface area contributed by atoms with Gasteiger partial charge >= 0.3 is 5.97 Å². The van der Waals surface area contributed by atoms with Crippen LogP contribution < -0.4 is 10.7 Å². The largest absolute Gasteiger partial charge is 0.477 e. The van der Waals surface area contributed by atoms with Crippen LogP contribution in [0.2, 0.25) is 5.02 Å². The summed E-state index contributed by atoms with van der Waals surface area (Å²) in [5.74, 6) is -1.25. The lowest BCUT2D eigenvalue weighted by Gasteiger charge is -2.26. The van der Waals surface area contributed by atoms with Crippen LogP contribution in [0.15, 0.2) is 82.5 Å². The Bertz CT molecular complexity index is 1650. The highest BCUT2D eigenvalue weighted by Gasteiger charge is 2.27. The van der Waals surface area contributed by atoms with Crippen molar-refractivity contribution in [3.63, 3.8) is 0 Å². The first kappa shape index (κ1) is 25.2. The van der Waals surface area contributed by atoms with Gasteiger partial charge in [0.1, 0.15) is 5.69 Å². The van der Waals surface area contributed by atoms with Crippen LogP contribution in [-0.4, -0.2) is 54.5 Å². The van der Waals surface area contributed by atoms with E-state index in [0.29, 0.717) is 53.4 Å². The van der Waals surface area contributed by atoms with E-state index in [-0.39, 0.29) is 22.6 Å². The topological polar surface area (TPSA) is 109 Å². The molecule has 5 rings (SSSR count). The van der Waals surface area contributed by atoms with Gasteiger partial charge in [0.05, 0.1) is 10.4 Å². The van der Waals surface area contributed by atoms with Crippen molar-refractivity contribution in [2.24, 2.45) is 0 Å². The molecular weight excluding hydrogens is 514 g/mol. The van der Waals surface area contributed by atoms with Gasteiger partial charge in [-0.1, -0.05) is 41.9 Å². The second-order valence-electron chi connectivity index (χ2n) is 8.77. The number of fused-ring (bicyclic) bond motifs is 1. The molecule has 0 radical (unpaired) electrons. The SMILES string of the molecule is O=C(O)c1c(Cc2ccc(S(=O)(=O)N3CCNCC3)cc2)c(=O)c2ccc(Cl)cc2n1-c1ccccc1. The standard InChI is InChI=1S/C27H24ClN3O5S/c28-19-8-11-22-24(17-19)31(20-4-2-1-3-5-20)25(27(33)34)23(26(22)32)16-18-6-9-21(10-7-18)37(35,36)30-14-12-29-13-15-30/h1-11,17,29H,12-16H2,(H,33,34). The maximum absolute atomic E-state index is 13.6. The highest BCUT2D eigenvalue weighted by Crippen LogP contribution is 2.26. The number of benzene rings is 3. The molecule has 1 aromatic heterocycles. The molecule has 2 heterocycles. The predicted molar refractivity (Wildman–Crippen MR) is 142 cm³/mol. The fraction of sp³-hybridized carbons (Fsp3) is 0.185. The molecule has 1 fully saturated rings. The maximum Gasteiger partial charge on any atom is 0.353 e. The lowest BCUT2D eigenvalue weighted by atomic mass is 9.99. The minimum Gasteiger partial charge on any atom is -0.477 e. The van der Waals surface area contributed by atoms with E-state index in [4.69, 9.17) is 11.6 Å². The smallest absolute Gasteiger partial charge is 0.353 e. The van der Waals surface area contributed by atoms with Crippen LogP contribution in [0.3, 0.4) is 0 Å². The first-order valence-electron chi connectivity index (χ1n) is 11.7. The van der Waals surface area contributed by atoms with Gasteiger partial charge < -0.3 is 15.0 Å². The van der Waals surface area contributed by atoms with Gasteiger partial charge in [0.25, 0.3) is 0 Å². The Morgan fingerprint density at radius 3 is 2.30 bits per heavy atom. The number of hydrogen-bond acceptors (Lipinski definition) is 5. The van der Waals surface area contributed by atoms with Crippen molar-refractivity contribution in [1.82, 2.24) is 14.2 Å². The number of hydrogen-bond donors (Lipinski definition) is 2. The van der Waals surface area contributed by atoms with Crippen molar-refractivity contribution in [3.8, 4) is 5.69 Å². The fourth-order valence-electron chi connectivity index (χ4n) is 4.66. The second kappa shape index (κ2) is 10.1. The van der Waals surface area contributed by atoms with Crippen LogP contribution in [-0.2, 0) is 16.4 Å². The molecule has 0 bridgehead atoms. The molecule has 0 amide bonds. The van der Waals surface area contributed by atoms with E-state index in [1.165, 1.54) is 21.0 Å². The number of aromatic carboxylic acids is 1. The molecule has 4 aromatic rings. The van der Waals surface area contributed by atoms with E-state index in [0.717, 1.165) is 0 Å². The zero-order chi connectivity index (χ0) is 26.2. The number of piperazine rings is 1. The van der Waals surface area contributed by atoms with E-state index in [1.807, 2.05) is 6.07 Å². The summed E-state index contributed by atoms with van der Waals surface area (Å²) < 4.78 is 28.9. The third kappa shape index (κ3) is 4.78. The van der Waals surface area contributed by atoms with Crippen LogP contribution in [0.1, 0.15) is 21.6 Å². The van der Waals surface area contributed by atoms with E-state index in [1.54, 1.807) is 54.6 Å². The molecule has 2 N–H and O–H groups in total. The number of sulfonamides is 1. The van der Waals surface area contributed by atoms with Crippen molar-refractivity contribution in [3.05, 3.63) is 105 Å². The van der Waals surface area contributed by atoms with Gasteiger partial charge in [-0.2, -0.15) is 4.31 Å². The number of carbonyl (C=O) groups is 1. The van der Waals surface area contributed by atoms with Crippen LogP contribution >= 0.6 is 11.6 Å². The van der Waals surface area contributed by atoms with Crippen LogP contribution in [0.25, 0.3) is 16.6 Å². The number of rotatable bonds is 6. The lowest BCUT2D eigenvalue weighted by Crippen LogP contribution is -2.46. The van der Waals surface area contributed by atoms with Gasteiger partial charge in [-0.15, -0.1) is 0 Å². The normalized spacial score (nSPS) is 14.6. The lowest BCUT2D eigenvalue weighted by molar-refractivity contribution is 0.0686. The average Bonchev–Trinajstić information content (AvgIpc) is 2.91. The molecule has 10 heteroatoms. The highest BCUT2D eigenvalue weighted by molar-refractivity contribution is 7.89. The molecule has 0 saturated carbocycles. The van der Waals surface area contributed by atoms with Gasteiger partial charge in [-0.3, -0.25) is 4.79 Å². The third-order valence-electron chi connectivity index (χ3n) is 6.46. The van der Waals surface area contributed by atoms with Crippen LogP contribution in [0.5, 0.6) is 0 Å². The van der Waals surface area contributed by atoms with Gasteiger partial charge in [0.15, 0.2) is 5.43 Å². The van der Waals surface area contributed by atoms with Crippen molar-refractivity contribution in [2.45, 2.75) is 11.3 Å². The molecule has 37 heavy (non-hydrogen) atoms. The molecule has 1 aliphatic rings. The second-order valence-corrected chi connectivity index (χ2v) is 11.1. The summed E-state index contributed by atoms with van der Waals surface area (Å²) in [4.78, 5) is 26.3. The Morgan fingerprint density at radius 2 is 1.65 bits per heavy atom. The molecular formula is C27H24ClN3O5S. The Labute approximate surface area is 218 Å². The number of carboxylic acid groups (broad SMARTS) is 1. The maximum atomic E-state index is 13.6. The molecule has 0 unspecified atom stereocenters. The number of para-hydroxylation sites is 1. The van der Waals surface area contributed by atoms with Crippen molar-refractivity contribution < 1.29 is 18.3 Å². The van der Waals surface area contributed by atoms with Crippen molar-refractivity contribution in [2.75, 3.05) is 26.2 Å². The van der Waals surface area contributed by atoms with Crippen LogP contribution in [0.4, 0.5) is 0 Å². The molecule has 1 aliphatic heterocycles. The van der Waals surface area contributed by atoms with Gasteiger partial charge in [0.2, 0.25) is 10.0 Å². The Balaban J connectivity index is 1.63. The summed E-state index contributed by atoms with van der Waals surface area (Å²) in [5, 5.41) is 14.1. The number of pyridine rings is 1. The summed E-state index contributed by atoms with van der Waals surface area (Å²) >= 11 is 6.22. The zero-order valence-corrected chi connectivity index (χ0v) is 21.3. The van der Waals surface area contributed by atoms with Gasteiger partial charge in [-0.05, 0) is 48.0 Å². The monoisotopic (exact) mass is 537 g/mol. The summed E-state index contributed by atoms with van der Waals surface area (Å²) in [6.45, 7) is 1.98. The van der Waals surface area contributed by atoms with Gasteiger partial charge in [0, 0.05) is 54.3 Å². The molecule has 1 saturated heterocycles. The van der Waals surface area contributed by atoms with E-state index >= 15 is 0 Å². The van der Waals surface area contributed by atoms with Crippen molar-refractivity contribution in [1.29, 1.82) is 0 Å². The minimum absolute atomic E-state index is 0.0137. The van der Waals surface area contributed by atoms with E-state index in [9.17, 15) is 23.1 Å². The Hall–Kier alpha value is -3.50. The predicted octanol–water partition coefficient (Wildman–Crippen LogP) is 3.53. The summed E-state index contributed by atoms with van der Waals surface area (Å²) in [6, 6.07) is 19.9. The molecule has 0 spiro atoms. The van der Waals surface area contributed by atoms with Crippen molar-refractivity contribution >= 4 is 38.5 Å². The third-order valence-corrected chi connectivity index (χ3v) is 8.61.